The fourth-order valence-electron chi connectivity index (χ4n) is 2.51. The minimum Gasteiger partial charge on any atom is -0.299 e. The number of Topliss-reactive ketones (excluding diaryl/α,β-unsaturated/α-hetero) is 2. The van der Waals surface area contributed by atoms with Crippen LogP contribution in [0.4, 0.5) is 0 Å². The summed E-state index contributed by atoms with van der Waals surface area (Å²) in [6.45, 7) is 0. The average Bonchev–Trinajstić information content (AvgIpc) is 2.30. The molecule has 0 aromatic carbocycles. The molecule has 0 saturated heterocycles. The van der Waals surface area contributed by atoms with Crippen LogP contribution in [0.25, 0.3) is 0 Å². The second kappa shape index (κ2) is 3.00. The molecule has 0 spiro atoms. The summed E-state index contributed by atoms with van der Waals surface area (Å²) in [5.41, 5.74) is 0. The normalized spacial score (nSPS) is 36.3. The van der Waals surface area contributed by atoms with E-state index in [1.807, 2.05) is 0 Å². The highest BCUT2D eigenvalue weighted by Crippen LogP contribution is 2.36. The molecule has 0 bridgehead atoms. The lowest BCUT2D eigenvalue weighted by molar-refractivity contribution is -0.127. The largest absolute Gasteiger partial charge is 0.299 e. The van der Waals surface area contributed by atoms with Gasteiger partial charge < -0.3 is 0 Å². The van der Waals surface area contributed by atoms with Crippen molar-refractivity contribution in [2.45, 2.75) is 38.5 Å². The Bertz CT molecular complexity index is 220. The molecule has 0 radical (unpaired) electrons. The Morgan fingerprint density at radius 3 is 2.33 bits per heavy atom. The number of hydrogen-bond acceptors (Lipinski definition) is 2. The molecule has 2 aliphatic rings. The van der Waals surface area contributed by atoms with Gasteiger partial charge in [0.25, 0.3) is 0 Å². The van der Waals surface area contributed by atoms with Crippen molar-refractivity contribution in [2.24, 2.45) is 11.8 Å². The average molecular weight is 166 g/mol. The lowest BCUT2D eigenvalue weighted by Gasteiger charge is -2.11. The molecule has 0 N–H and O–H groups in total. The summed E-state index contributed by atoms with van der Waals surface area (Å²) in [6.07, 6.45) is 5.24. The fraction of sp³-hybridized carbons (Fsp3) is 0.800. The van der Waals surface area contributed by atoms with Gasteiger partial charge in [0.1, 0.15) is 11.6 Å². The Kier molecular flexibility index (Phi) is 1.99. The van der Waals surface area contributed by atoms with Crippen molar-refractivity contribution in [2.75, 3.05) is 0 Å². The first-order valence-corrected chi connectivity index (χ1v) is 4.84. The van der Waals surface area contributed by atoms with E-state index in [1.165, 1.54) is 0 Å². The summed E-state index contributed by atoms with van der Waals surface area (Å²) < 4.78 is 0. The highest BCUT2D eigenvalue weighted by molar-refractivity contribution is 5.93. The third-order valence-corrected chi connectivity index (χ3v) is 3.20. The first-order chi connectivity index (χ1) is 5.79. The molecule has 2 aliphatic carbocycles. The molecule has 2 heteroatoms. The van der Waals surface area contributed by atoms with Gasteiger partial charge in [-0.15, -0.1) is 0 Å². The second-order valence-corrected chi connectivity index (χ2v) is 3.93. The monoisotopic (exact) mass is 166 g/mol. The van der Waals surface area contributed by atoms with E-state index >= 15 is 0 Å². The van der Waals surface area contributed by atoms with E-state index in [1.54, 1.807) is 0 Å². The first-order valence-electron chi connectivity index (χ1n) is 4.84. The van der Waals surface area contributed by atoms with Gasteiger partial charge >= 0.3 is 0 Å². The molecule has 2 saturated carbocycles. The van der Waals surface area contributed by atoms with E-state index in [4.69, 9.17) is 0 Å². The van der Waals surface area contributed by atoms with Crippen LogP contribution in [-0.4, -0.2) is 11.6 Å². The van der Waals surface area contributed by atoms with Crippen LogP contribution in [0.5, 0.6) is 0 Å². The predicted octanol–water partition coefficient (Wildman–Crippen LogP) is 1.72. The van der Waals surface area contributed by atoms with Gasteiger partial charge in [-0.2, -0.15) is 0 Å². The lowest BCUT2D eigenvalue weighted by atomic mass is 9.90. The summed E-state index contributed by atoms with van der Waals surface area (Å²) in [5.74, 6) is 0.915. The van der Waals surface area contributed by atoms with Crippen molar-refractivity contribution in [1.29, 1.82) is 0 Å². The van der Waals surface area contributed by atoms with Crippen LogP contribution >= 0.6 is 0 Å². The smallest absolute Gasteiger partial charge is 0.136 e. The van der Waals surface area contributed by atoms with Crippen LogP contribution in [0.1, 0.15) is 38.5 Å². The molecule has 0 aliphatic heterocycles. The third-order valence-electron chi connectivity index (χ3n) is 3.20. The summed E-state index contributed by atoms with van der Waals surface area (Å²) >= 11 is 0. The number of fused-ring (bicyclic) bond motifs is 1. The molecular weight excluding hydrogens is 152 g/mol. The minimum absolute atomic E-state index is 0.111. The van der Waals surface area contributed by atoms with Crippen molar-refractivity contribution in [3.8, 4) is 0 Å². The van der Waals surface area contributed by atoms with Crippen LogP contribution in [-0.2, 0) is 9.59 Å². The van der Waals surface area contributed by atoms with E-state index in [9.17, 15) is 9.59 Å². The maximum absolute atomic E-state index is 11.5. The number of ketones is 2. The van der Waals surface area contributed by atoms with Gasteiger partial charge in [-0.1, -0.05) is 6.42 Å². The quantitative estimate of drug-likeness (QED) is 0.549. The molecule has 0 amide bonds. The van der Waals surface area contributed by atoms with Gasteiger partial charge in [0, 0.05) is 24.7 Å². The molecule has 0 aromatic heterocycles. The van der Waals surface area contributed by atoms with Crippen molar-refractivity contribution in [3.05, 3.63) is 0 Å². The maximum atomic E-state index is 11.5. The molecule has 0 unspecified atom stereocenters. The molecule has 66 valence electrons. The van der Waals surface area contributed by atoms with Gasteiger partial charge in [-0.25, -0.2) is 0 Å². The van der Waals surface area contributed by atoms with E-state index in [-0.39, 0.29) is 11.8 Å². The molecule has 2 atom stereocenters. The van der Waals surface area contributed by atoms with E-state index < -0.39 is 0 Å². The van der Waals surface area contributed by atoms with Crippen molar-refractivity contribution in [3.63, 3.8) is 0 Å². The van der Waals surface area contributed by atoms with Crippen LogP contribution < -0.4 is 0 Å². The molecule has 0 aromatic rings. The van der Waals surface area contributed by atoms with Gasteiger partial charge in [0.15, 0.2) is 0 Å². The Morgan fingerprint density at radius 2 is 1.50 bits per heavy atom. The number of carbonyl (C=O) groups is 2. The first kappa shape index (κ1) is 7.96. The molecule has 2 nitrogen and oxygen atoms in total. The Labute approximate surface area is 72.3 Å². The summed E-state index contributed by atoms with van der Waals surface area (Å²) in [7, 11) is 0. The number of hydrogen-bond donors (Lipinski definition) is 0. The number of rotatable bonds is 0. The highest BCUT2D eigenvalue weighted by atomic mass is 16.1. The fourth-order valence-corrected chi connectivity index (χ4v) is 2.51. The van der Waals surface area contributed by atoms with Crippen LogP contribution in [0.3, 0.4) is 0 Å². The van der Waals surface area contributed by atoms with E-state index in [0.717, 1.165) is 25.7 Å². The minimum atomic E-state index is 0.111. The summed E-state index contributed by atoms with van der Waals surface area (Å²) in [4.78, 5) is 22.8. The van der Waals surface area contributed by atoms with Gasteiger partial charge in [0.2, 0.25) is 0 Å². The van der Waals surface area contributed by atoms with Crippen molar-refractivity contribution < 1.29 is 9.59 Å². The summed E-state index contributed by atoms with van der Waals surface area (Å²) in [6, 6.07) is 0. The molecule has 2 fully saturated rings. The zero-order chi connectivity index (χ0) is 8.55. The van der Waals surface area contributed by atoms with E-state index in [0.29, 0.717) is 24.4 Å². The standard InChI is InChI=1S/C10H14O2/c11-9-4-2-1-3-7-8(9)5-6-10(7)12/h7-8H,1-6H2/t7-,8-/m1/s1. The van der Waals surface area contributed by atoms with Gasteiger partial charge in [0.05, 0.1) is 0 Å². The predicted molar refractivity (Wildman–Crippen MR) is 44.7 cm³/mol. The Hall–Kier alpha value is -0.660. The maximum Gasteiger partial charge on any atom is 0.136 e. The molecule has 12 heavy (non-hydrogen) atoms. The van der Waals surface area contributed by atoms with Crippen LogP contribution in [0.2, 0.25) is 0 Å². The highest BCUT2D eigenvalue weighted by Gasteiger charge is 2.39. The molecular formula is C10H14O2. The second-order valence-electron chi connectivity index (χ2n) is 3.93. The van der Waals surface area contributed by atoms with Crippen LogP contribution in [0.15, 0.2) is 0 Å². The van der Waals surface area contributed by atoms with Gasteiger partial charge in [-0.05, 0) is 19.3 Å². The zero-order valence-corrected chi connectivity index (χ0v) is 7.21. The van der Waals surface area contributed by atoms with Crippen LogP contribution in [0, 0.1) is 11.8 Å². The van der Waals surface area contributed by atoms with E-state index in [2.05, 4.69) is 0 Å². The zero-order valence-electron chi connectivity index (χ0n) is 7.21. The Morgan fingerprint density at radius 1 is 0.833 bits per heavy atom. The lowest BCUT2D eigenvalue weighted by Crippen LogP contribution is -2.19. The van der Waals surface area contributed by atoms with Gasteiger partial charge in [-0.3, -0.25) is 9.59 Å². The third kappa shape index (κ3) is 1.19. The summed E-state index contributed by atoms with van der Waals surface area (Å²) in [5, 5.41) is 0. The van der Waals surface area contributed by atoms with Crippen molar-refractivity contribution >= 4 is 11.6 Å². The number of carbonyl (C=O) groups excluding carboxylic acids is 2. The Balaban J connectivity index is 2.18. The van der Waals surface area contributed by atoms with Crippen molar-refractivity contribution in [1.82, 2.24) is 0 Å². The molecule has 0 heterocycles. The molecule has 2 rings (SSSR count). The topological polar surface area (TPSA) is 34.1 Å². The SMILES string of the molecule is O=C1CC[C@H]2C(=O)CCCC[C@@H]12.